The molecule has 102 valence electrons. The van der Waals surface area contributed by atoms with Crippen molar-refractivity contribution < 1.29 is 4.74 Å². The standard InChI is InChI=1S/C13H29N3O/c1-7-14-13(16(5)6)15-10-9-12(11(3)4)17-8-2/h11-12H,7-10H2,1-6H3,(H,14,15). The van der Waals surface area contributed by atoms with Gasteiger partial charge in [0.2, 0.25) is 0 Å². The molecule has 0 radical (unpaired) electrons. The van der Waals surface area contributed by atoms with E-state index in [2.05, 4.69) is 31.1 Å². The Kier molecular flexibility index (Phi) is 8.86. The fraction of sp³-hybridized carbons (Fsp3) is 0.923. The van der Waals surface area contributed by atoms with Crippen LogP contribution >= 0.6 is 0 Å². The predicted octanol–water partition coefficient (Wildman–Crippen LogP) is 1.96. The fourth-order valence-electron chi connectivity index (χ4n) is 1.63. The molecule has 0 rings (SSSR count). The number of nitrogens with one attached hydrogen (secondary N) is 1. The molecule has 0 aliphatic carbocycles. The van der Waals surface area contributed by atoms with E-state index in [0.717, 1.165) is 32.1 Å². The second kappa shape index (κ2) is 9.28. The summed E-state index contributed by atoms with van der Waals surface area (Å²) in [6, 6.07) is 0. The lowest BCUT2D eigenvalue weighted by Gasteiger charge is -2.21. The first kappa shape index (κ1) is 16.2. The van der Waals surface area contributed by atoms with Crippen LogP contribution in [-0.2, 0) is 4.74 Å². The Morgan fingerprint density at radius 3 is 2.35 bits per heavy atom. The lowest BCUT2D eigenvalue weighted by molar-refractivity contribution is 0.0266. The predicted molar refractivity (Wildman–Crippen MR) is 74.5 cm³/mol. The zero-order valence-electron chi connectivity index (χ0n) is 12.3. The molecule has 0 spiro atoms. The van der Waals surface area contributed by atoms with Crippen LogP contribution in [0, 0.1) is 5.92 Å². The van der Waals surface area contributed by atoms with E-state index in [0.29, 0.717) is 12.0 Å². The summed E-state index contributed by atoms with van der Waals surface area (Å²) in [6.45, 7) is 11.0. The minimum absolute atomic E-state index is 0.314. The van der Waals surface area contributed by atoms with Crippen molar-refractivity contribution in [3.05, 3.63) is 0 Å². The van der Waals surface area contributed by atoms with Gasteiger partial charge in [0.1, 0.15) is 0 Å². The maximum absolute atomic E-state index is 5.70. The third-order valence-corrected chi connectivity index (χ3v) is 2.56. The van der Waals surface area contributed by atoms with E-state index in [9.17, 15) is 0 Å². The van der Waals surface area contributed by atoms with Crippen molar-refractivity contribution in [3.8, 4) is 0 Å². The molecule has 0 aliphatic heterocycles. The second-order valence-corrected chi connectivity index (χ2v) is 4.66. The van der Waals surface area contributed by atoms with Gasteiger partial charge in [-0.05, 0) is 26.2 Å². The van der Waals surface area contributed by atoms with E-state index in [1.54, 1.807) is 0 Å². The lowest BCUT2D eigenvalue weighted by atomic mass is 10.0. The van der Waals surface area contributed by atoms with Gasteiger partial charge in [0, 0.05) is 33.8 Å². The Morgan fingerprint density at radius 1 is 1.29 bits per heavy atom. The highest BCUT2D eigenvalue weighted by atomic mass is 16.5. The van der Waals surface area contributed by atoms with Gasteiger partial charge in [0.15, 0.2) is 5.96 Å². The SMILES string of the molecule is CCNC(=NCCC(OCC)C(C)C)N(C)C. The number of nitrogens with zero attached hydrogens (tertiary/aromatic N) is 2. The van der Waals surface area contributed by atoms with Crippen molar-refractivity contribution in [2.75, 3.05) is 33.8 Å². The summed E-state index contributed by atoms with van der Waals surface area (Å²) >= 11 is 0. The molecular formula is C13H29N3O. The van der Waals surface area contributed by atoms with Gasteiger partial charge in [-0.25, -0.2) is 0 Å². The van der Waals surface area contributed by atoms with Crippen LogP contribution in [0.2, 0.25) is 0 Å². The third kappa shape index (κ3) is 7.21. The average Bonchev–Trinajstić information content (AvgIpc) is 2.26. The first-order valence-electron chi connectivity index (χ1n) is 6.60. The molecule has 1 unspecified atom stereocenters. The molecule has 0 aromatic carbocycles. The Morgan fingerprint density at radius 2 is 1.94 bits per heavy atom. The minimum atomic E-state index is 0.314. The number of rotatable bonds is 7. The zero-order chi connectivity index (χ0) is 13.3. The monoisotopic (exact) mass is 243 g/mol. The fourth-order valence-corrected chi connectivity index (χ4v) is 1.63. The first-order valence-corrected chi connectivity index (χ1v) is 6.60. The highest BCUT2D eigenvalue weighted by Gasteiger charge is 2.12. The third-order valence-electron chi connectivity index (χ3n) is 2.56. The van der Waals surface area contributed by atoms with Gasteiger partial charge in [-0.15, -0.1) is 0 Å². The normalized spacial score (nSPS) is 13.9. The van der Waals surface area contributed by atoms with Gasteiger partial charge < -0.3 is 15.0 Å². The summed E-state index contributed by atoms with van der Waals surface area (Å²) in [5.74, 6) is 1.50. The molecule has 0 saturated heterocycles. The van der Waals surface area contributed by atoms with E-state index in [-0.39, 0.29) is 0 Å². The maximum Gasteiger partial charge on any atom is 0.193 e. The number of guanidine groups is 1. The molecule has 0 saturated carbocycles. The van der Waals surface area contributed by atoms with E-state index in [1.165, 1.54) is 0 Å². The first-order chi connectivity index (χ1) is 8.02. The molecule has 0 aromatic heterocycles. The van der Waals surface area contributed by atoms with Crippen LogP contribution in [0.3, 0.4) is 0 Å². The number of aliphatic imine (C=N–C) groups is 1. The van der Waals surface area contributed by atoms with Gasteiger partial charge in [-0.2, -0.15) is 0 Å². The van der Waals surface area contributed by atoms with Gasteiger partial charge in [0.05, 0.1) is 6.10 Å². The molecule has 17 heavy (non-hydrogen) atoms. The van der Waals surface area contributed by atoms with E-state index < -0.39 is 0 Å². The largest absolute Gasteiger partial charge is 0.378 e. The molecule has 4 heteroatoms. The Labute approximate surface area is 106 Å². The van der Waals surface area contributed by atoms with Crippen molar-refractivity contribution in [3.63, 3.8) is 0 Å². The number of hydrogen-bond acceptors (Lipinski definition) is 2. The summed E-state index contributed by atoms with van der Waals surface area (Å²) in [4.78, 5) is 6.58. The summed E-state index contributed by atoms with van der Waals surface area (Å²) < 4.78 is 5.70. The van der Waals surface area contributed by atoms with Crippen LogP contribution in [0.5, 0.6) is 0 Å². The van der Waals surface area contributed by atoms with Crippen molar-refractivity contribution in [1.29, 1.82) is 0 Å². The summed E-state index contributed by atoms with van der Waals surface area (Å²) in [5, 5.41) is 3.25. The molecule has 4 nitrogen and oxygen atoms in total. The van der Waals surface area contributed by atoms with Gasteiger partial charge in [-0.3, -0.25) is 4.99 Å². The van der Waals surface area contributed by atoms with Crippen LogP contribution in [0.15, 0.2) is 4.99 Å². The smallest absolute Gasteiger partial charge is 0.193 e. The van der Waals surface area contributed by atoms with Crippen LogP contribution in [0.25, 0.3) is 0 Å². The van der Waals surface area contributed by atoms with Gasteiger partial charge in [0.25, 0.3) is 0 Å². The molecule has 0 fully saturated rings. The van der Waals surface area contributed by atoms with E-state index in [1.807, 2.05) is 25.9 Å². The molecule has 0 bridgehead atoms. The number of ether oxygens (including phenoxy) is 1. The Balaban J connectivity index is 4.18. The molecule has 0 heterocycles. The van der Waals surface area contributed by atoms with E-state index in [4.69, 9.17) is 4.74 Å². The van der Waals surface area contributed by atoms with Crippen LogP contribution < -0.4 is 5.32 Å². The quantitative estimate of drug-likeness (QED) is 0.548. The molecule has 0 aromatic rings. The molecule has 0 amide bonds. The van der Waals surface area contributed by atoms with Crippen molar-refractivity contribution in [1.82, 2.24) is 10.2 Å². The zero-order valence-corrected chi connectivity index (χ0v) is 12.3. The highest BCUT2D eigenvalue weighted by Crippen LogP contribution is 2.10. The molecule has 1 atom stereocenters. The lowest BCUT2D eigenvalue weighted by Crippen LogP contribution is -2.36. The Bertz CT molecular complexity index is 215. The van der Waals surface area contributed by atoms with Gasteiger partial charge in [-0.1, -0.05) is 13.8 Å². The summed E-state index contributed by atoms with van der Waals surface area (Å²) in [5.41, 5.74) is 0. The topological polar surface area (TPSA) is 36.9 Å². The summed E-state index contributed by atoms with van der Waals surface area (Å²) in [7, 11) is 4.01. The number of hydrogen-bond donors (Lipinski definition) is 1. The molecule has 0 aliphatic rings. The highest BCUT2D eigenvalue weighted by molar-refractivity contribution is 5.79. The molecular weight excluding hydrogens is 214 g/mol. The van der Waals surface area contributed by atoms with Crippen LogP contribution in [-0.4, -0.2) is 50.8 Å². The van der Waals surface area contributed by atoms with E-state index >= 15 is 0 Å². The second-order valence-electron chi connectivity index (χ2n) is 4.66. The van der Waals surface area contributed by atoms with Crippen molar-refractivity contribution >= 4 is 5.96 Å². The van der Waals surface area contributed by atoms with Crippen molar-refractivity contribution in [2.24, 2.45) is 10.9 Å². The van der Waals surface area contributed by atoms with Crippen molar-refractivity contribution in [2.45, 2.75) is 40.2 Å². The summed E-state index contributed by atoms with van der Waals surface area (Å²) in [6.07, 6.45) is 1.29. The Hall–Kier alpha value is -0.770. The maximum atomic E-state index is 5.70. The van der Waals surface area contributed by atoms with Crippen LogP contribution in [0.4, 0.5) is 0 Å². The minimum Gasteiger partial charge on any atom is -0.378 e. The van der Waals surface area contributed by atoms with Crippen LogP contribution in [0.1, 0.15) is 34.1 Å². The molecule has 1 N–H and O–H groups in total. The van der Waals surface area contributed by atoms with Gasteiger partial charge >= 0.3 is 0 Å². The average molecular weight is 243 g/mol.